The molecule has 0 saturated heterocycles. The van der Waals surface area contributed by atoms with Gasteiger partial charge in [0.25, 0.3) is 0 Å². The van der Waals surface area contributed by atoms with Gasteiger partial charge in [-0.25, -0.2) is 4.39 Å². The molecule has 3 N–H and O–H groups in total. The second kappa shape index (κ2) is 7.02. The molecular formula is C16H17BrFNO2. The number of benzene rings is 2. The van der Waals surface area contributed by atoms with E-state index in [2.05, 4.69) is 15.9 Å². The van der Waals surface area contributed by atoms with E-state index in [9.17, 15) is 9.50 Å². The summed E-state index contributed by atoms with van der Waals surface area (Å²) in [4.78, 5) is 0. The molecule has 2 aromatic rings. The first kappa shape index (κ1) is 15.9. The monoisotopic (exact) mass is 353 g/mol. The van der Waals surface area contributed by atoms with Gasteiger partial charge in [-0.1, -0.05) is 24.3 Å². The Morgan fingerprint density at radius 2 is 2.00 bits per heavy atom. The van der Waals surface area contributed by atoms with Gasteiger partial charge in [0.15, 0.2) is 0 Å². The maximum atomic E-state index is 13.6. The molecule has 2 rings (SSSR count). The lowest BCUT2D eigenvalue weighted by Gasteiger charge is -2.23. The van der Waals surface area contributed by atoms with Gasteiger partial charge in [0.2, 0.25) is 0 Å². The van der Waals surface area contributed by atoms with Gasteiger partial charge in [0.05, 0.1) is 17.7 Å². The minimum Gasteiger partial charge on any atom is -0.497 e. The SMILES string of the molecule is COc1cccc(C(CN)C(O)c2cccc(F)c2Br)c1. The predicted molar refractivity (Wildman–Crippen MR) is 83.8 cm³/mol. The first-order valence-corrected chi connectivity index (χ1v) is 7.33. The molecule has 2 atom stereocenters. The largest absolute Gasteiger partial charge is 0.497 e. The van der Waals surface area contributed by atoms with Crippen LogP contribution in [0.1, 0.15) is 23.1 Å². The Morgan fingerprint density at radius 1 is 1.29 bits per heavy atom. The Hall–Kier alpha value is -1.43. The van der Waals surface area contributed by atoms with E-state index in [-0.39, 0.29) is 16.9 Å². The average molecular weight is 354 g/mol. The lowest BCUT2D eigenvalue weighted by molar-refractivity contribution is 0.146. The number of halogens is 2. The summed E-state index contributed by atoms with van der Waals surface area (Å²) in [5, 5.41) is 10.6. The van der Waals surface area contributed by atoms with Crippen LogP contribution in [0, 0.1) is 5.82 Å². The molecule has 0 spiro atoms. The number of methoxy groups -OCH3 is 1. The van der Waals surface area contributed by atoms with Gasteiger partial charge in [0, 0.05) is 12.5 Å². The van der Waals surface area contributed by atoms with Crippen LogP contribution in [0.5, 0.6) is 5.75 Å². The van der Waals surface area contributed by atoms with E-state index in [0.29, 0.717) is 11.3 Å². The molecule has 2 aromatic carbocycles. The molecule has 0 aliphatic rings. The van der Waals surface area contributed by atoms with Crippen molar-refractivity contribution in [3.05, 3.63) is 63.9 Å². The molecule has 112 valence electrons. The highest BCUT2D eigenvalue weighted by Gasteiger charge is 2.24. The molecule has 0 aromatic heterocycles. The molecule has 0 saturated carbocycles. The molecule has 0 bridgehead atoms. The van der Waals surface area contributed by atoms with E-state index in [4.69, 9.17) is 10.5 Å². The van der Waals surface area contributed by atoms with Crippen LogP contribution in [0.25, 0.3) is 0 Å². The number of rotatable bonds is 5. The van der Waals surface area contributed by atoms with Crippen LogP contribution in [0.3, 0.4) is 0 Å². The second-order valence-corrected chi connectivity index (χ2v) is 5.50. The van der Waals surface area contributed by atoms with Gasteiger partial charge in [-0.2, -0.15) is 0 Å². The predicted octanol–water partition coefficient (Wildman–Crippen LogP) is 3.37. The minimum atomic E-state index is -0.910. The molecule has 0 aliphatic heterocycles. The van der Waals surface area contributed by atoms with Gasteiger partial charge in [-0.15, -0.1) is 0 Å². The molecule has 3 nitrogen and oxygen atoms in total. The topological polar surface area (TPSA) is 55.5 Å². The third kappa shape index (κ3) is 3.43. The Bertz CT molecular complexity index is 621. The van der Waals surface area contributed by atoms with E-state index in [1.165, 1.54) is 6.07 Å². The quantitative estimate of drug-likeness (QED) is 0.866. The van der Waals surface area contributed by atoms with Crippen LogP contribution in [0.4, 0.5) is 4.39 Å². The van der Waals surface area contributed by atoms with Crippen LogP contribution in [-0.2, 0) is 0 Å². The van der Waals surface area contributed by atoms with Crippen molar-refractivity contribution < 1.29 is 14.2 Å². The van der Waals surface area contributed by atoms with E-state index < -0.39 is 11.9 Å². The molecular weight excluding hydrogens is 337 g/mol. The molecule has 0 radical (unpaired) electrons. The van der Waals surface area contributed by atoms with Crippen molar-refractivity contribution in [2.75, 3.05) is 13.7 Å². The summed E-state index contributed by atoms with van der Waals surface area (Å²) in [7, 11) is 1.58. The Labute approximate surface area is 131 Å². The summed E-state index contributed by atoms with van der Waals surface area (Å²) in [6.07, 6.45) is -0.910. The van der Waals surface area contributed by atoms with Gasteiger partial charge in [0.1, 0.15) is 11.6 Å². The number of aliphatic hydroxyl groups is 1. The van der Waals surface area contributed by atoms with E-state index in [1.54, 1.807) is 19.2 Å². The summed E-state index contributed by atoms with van der Waals surface area (Å²) in [5.74, 6) is -0.0670. The Balaban J connectivity index is 2.38. The number of hydrogen-bond acceptors (Lipinski definition) is 3. The van der Waals surface area contributed by atoms with Gasteiger partial charge in [-0.3, -0.25) is 0 Å². The molecule has 0 heterocycles. The summed E-state index contributed by atoms with van der Waals surface area (Å²) in [5.41, 5.74) is 7.14. The van der Waals surface area contributed by atoms with Crippen LogP contribution in [-0.4, -0.2) is 18.8 Å². The first-order chi connectivity index (χ1) is 10.1. The van der Waals surface area contributed by atoms with Crippen molar-refractivity contribution in [3.8, 4) is 5.75 Å². The van der Waals surface area contributed by atoms with Crippen molar-refractivity contribution in [1.29, 1.82) is 0 Å². The van der Waals surface area contributed by atoms with Crippen molar-refractivity contribution in [2.24, 2.45) is 5.73 Å². The standard InChI is InChI=1S/C16H17BrFNO2/c1-21-11-5-2-4-10(8-11)13(9-19)16(20)12-6-3-7-14(18)15(12)17/h2-8,13,16,20H,9,19H2,1H3. The molecule has 0 aliphatic carbocycles. The normalized spacial score (nSPS) is 13.8. The van der Waals surface area contributed by atoms with E-state index >= 15 is 0 Å². The Kier molecular flexibility index (Phi) is 5.33. The maximum absolute atomic E-state index is 13.6. The fraction of sp³-hybridized carbons (Fsp3) is 0.250. The third-order valence-electron chi connectivity index (χ3n) is 3.46. The summed E-state index contributed by atoms with van der Waals surface area (Å²) in [6, 6.07) is 11.9. The minimum absolute atomic E-state index is 0.233. The lowest BCUT2D eigenvalue weighted by atomic mass is 9.89. The number of hydrogen-bond donors (Lipinski definition) is 2. The first-order valence-electron chi connectivity index (χ1n) is 6.54. The molecule has 5 heteroatoms. The number of nitrogens with two attached hydrogens (primary N) is 1. The van der Waals surface area contributed by atoms with Crippen molar-refractivity contribution >= 4 is 15.9 Å². The molecule has 0 amide bonds. The Morgan fingerprint density at radius 3 is 2.67 bits per heavy atom. The van der Waals surface area contributed by atoms with Crippen molar-refractivity contribution in [1.82, 2.24) is 0 Å². The third-order valence-corrected chi connectivity index (χ3v) is 4.29. The number of ether oxygens (including phenoxy) is 1. The lowest BCUT2D eigenvalue weighted by Crippen LogP contribution is -2.20. The average Bonchev–Trinajstić information content (AvgIpc) is 2.51. The van der Waals surface area contributed by atoms with Crippen LogP contribution in [0.15, 0.2) is 46.9 Å². The summed E-state index contributed by atoms with van der Waals surface area (Å²) < 4.78 is 19.1. The number of aliphatic hydroxyl groups excluding tert-OH is 1. The van der Waals surface area contributed by atoms with Crippen LogP contribution in [0.2, 0.25) is 0 Å². The molecule has 0 fully saturated rings. The highest BCUT2D eigenvalue weighted by Crippen LogP contribution is 2.36. The van der Waals surface area contributed by atoms with Gasteiger partial charge >= 0.3 is 0 Å². The fourth-order valence-electron chi connectivity index (χ4n) is 2.29. The van der Waals surface area contributed by atoms with Crippen molar-refractivity contribution in [2.45, 2.75) is 12.0 Å². The smallest absolute Gasteiger partial charge is 0.137 e. The molecule has 21 heavy (non-hydrogen) atoms. The van der Waals surface area contributed by atoms with E-state index in [0.717, 1.165) is 5.56 Å². The van der Waals surface area contributed by atoms with Crippen LogP contribution < -0.4 is 10.5 Å². The van der Waals surface area contributed by atoms with Crippen molar-refractivity contribution in [3.63, 3.8) is 0 Å². The summed E-state index contributed by atoms with van der Waals surface area (Å²) >= 11 is 3.18. The summed E-state index contributed by atoms with van der Waals surface area (Å²) in [6.45, 7) is 0.233. The van der Waals surface area contributed by atoms with Crippen LogP contribution >= 0.6 is 15.9 Å². The van der Waals surface area contributed by atoms with Gasteiger partial charge < -0.3 is 15.6 Å². The second-order valence-electron chi connectivity index (χ2n) is 4.71. The zero-order chi connectivity index (χ0) is 15.4. The molecule has 2 unspecified atom stereocenters. The highest BCUT2D eigenvalue weighted by molar-refractivity contribution is 9.10. The highest BCUT2D eigenvalue weighted by atomic mass is 79.9. The zero-order valence-corrected chi connectivity index (χ0v) is 13.2. The van der Waals surface area contributed by atoms with Gasteiger partial charge in [-0.05, 0) is 45.3 Å². The van der Waals surface area contributed by atoms with E-state index in [1.807, 2.05) is 24.3 Å². The zero-order valence-electron chi connectivity index (χ0n) is 11.6. The fourth-order valence-corrected chi connectivity index (χ4v) is 2.78. The maximum Gasteiger partial charge on any atom is 0.137 e.